The van der Waals surface area contributed by atoms with Gasteiger partial charge in [0.25, 0.3) is 5.91 Å². The minimum atomic E-state index is -0.669. The number of aromatic nitrogens is 1. The monoisotopic (exact) mass is 332 g/mol. The fourth-order valence-electron chi connectivity index (χ4n) is 4.51. The van der Waals surface area contributed by atoms with Gasteiger partial charge in [0.1, 0.15) is 5.56 Å². The first-order valence-corrected chi connectivity index (χ1v) is 8.79. The highest BCUT2D eigenvalue weighted by molar-refractivity contribution is 5.97. The molecular weight excluding hydrogens is 308 g/mol. The first kappa shape index (κ1) is 15.8. The first-order valence-electron chi connectivity index (χ1n) is 8.79. The number of methoxy groups -OCH3 is 1. The zero-order chi connectivity index (χ0) is 16.8. The Labute approximate surface area is 141 Å². The number of aryl methyl sites for hydroxylation is 2. The molecule has 1 saturated heterocycles. The molecule has 1 aliphatic heterocycles. The van der Waals surface area contributed by atoms with Crippen LogP contribution in [-0.2, 0) is 12.8 Å². The molecule has 1 amide bonds. The molecule has 3 aliphatic rings. The molecule has 6 heteroatoms. The number of carbonyl (C=O) groups is 1. The van der Waals surface area contributed by atoms with E-state index in [1.807, 2.05) is 11.0 Å². The van der Waals surface area contributed by atoms with Crippen molar-refractivity contribution in [1.82, 2.24) is 9.88 Å². The summed E-state index contributed by atoms with van der Waals surface area (Å²) >= 11 is 0. The second-order valence-corrected chi connectivity index (χ2v) is 7.34. The number of hydrogen-bond donors (Lipinski definition) is 2. The third-order valence-corrected chi connectivity index (χ3v) is 5.84. The number of ether oxygens (including phenoxy) is 1. The lowest BCUT2D eigenvalue weighted by Crippen LogP contribution is -2.38. The van der Waals surface area contributed by atoms with Crippen molar-refractivity contribution >= 4 is 5.91 Å². The van der Waals surface area contributed by atoms with Crippen molar-refractivity contribution in [2.45, 2.75) is 44.3 Å². The summed E-state index contributed by atoms with van der Waals surface area (Å²) in [6, 6.07) is 1.95. The smallest absolute Gasteiger partial charge is 0.259 e. The summed E-state index contributed by atoms with van der Waals surface area (Å²) in [6.07, 6.45) is 2.78. The van der Waals surface area contributed by atoms with Crippen LogP contribution in [0.3, 0.4) is 0 Å². The zero-order valence-electron chi connectivity index (χ0n) is 13.9. The van der Waals surface area contributed by atoms with Crippen molar-refractivity contribution in [3.8, 4) is 5.88 Å². The standard InChI is InChI=1S/C18H24N2O4/c1-24-17-13(5-10-3-2-4-14(10)19-17)18(23)20-8-11-6-15(21)16(22)7-12(11)9-20/h5,11-12,15-16,21-22H,2-4,6-9H2,1H3/t11-,12+,15+,16-. The van der Waals surface area contributed by atoms with E-state index in [0.29, 0.717) is 37.4 Å². The van der Waals surface area contributed by atoms with Gasteiger partial charge in [0.15, 0.2) is 0 Å². The molecule has 0 bridgehead atoms. The molecule has 0 spiro atoms. The van der Waals surface area contributed by atoms with Crippen LogP contribution in [-0.4, -0.2) is 58.4 Å². The molecule has 0 radical (unpaired) electrons. The van der Waals surface area contributed by atoms with Crippen LogP contribution in [0.1, 0.15) is 40.9 Å². The molecule has 1 aromatic heterocycles. The van der Waals surface area contributed by atoms with Crippen LogP contribution in [0.25, 0.3) is 0 Å². The normalized spacial score (nSPS) is 31.7. The van der Waals surface area contributed by atoms with E-state index in [1.165, 1.54) is 0 Å². The van der Waals surface area contributed by atoms with Crippen LogP contribution in [0.4, 0.5) is 0 Å². The molecule has 24 heavy (non-hydrogen) atoms. The SMILES string of the molecule is COc1nc2c(cc1C(=O)N1C[C@H]3C[C@H](O)[C@H](O)C[C@H]3C1)CCC2. The van der Waals surface area contributed by atoms with E-state index >= 15 is 0 Å². The van der Waals surface area contributed by atoms with Crippen LogP contribution in [0.5, 0.6) is 5.88 Å². The van der Waals surface area contributed by atoms with Crippen LogP contribution in [0.2, 0.25) is 0 Å². The fourth-order valence-corrected chi connectivity index (χ4v) is 4.51. The second-order valence-electron chi connectivity index (χ2n) is 7.34. The average Bonchev–Trinajstić information content (AvgIpc) is 3.19. The number of nitrogens with zero attached hydrogens (tertiary/aromatic N) is 2. The van der Waals surface area contributed by atoms with Crippen molar-refractivity contribution in [3.05, 3.63) is 22.9 Å². The minimum Gasteiger partial charge on any atom is -0.480 e. The summed E-state index contributed by atoms with van der Waals surface area (Å²) in [5, 5.41) is 19.7. The number of pyridine rings is 1. The van der Waals surface area contributed by atoms with E-state index in [2.05, 4.69) is 4.98 Å². The zero-order valence-corrected chi connectivity index (χ0v) is 13.9. The van der Waals surface area contributed by atoms with Gasteiger partial charge in [0.05, 0.1) is 19.3 Å². The Kier molecular flexibility index (Phi) is 3.96. The maximum absolute atomic E-state index is 13.0. The number of hydrogen-bond acceptors (Lipinski definition) is 5. The predicted molar refractivity (Wildman–Crippen MR) is 86.9 cm³/mol. The van der Waals surface area contributed by atoms with Crippen molar-refractivity contribution in [1.29, 1.82) is 0 Å². The fraction of sp³-hybridized carbons (Fsp3) is 0.667. The Balaban J connectivity index is 1.57. The largest absolute Gasteiger partial charge is 0.480 e. The lowest BCUT2D eigenvalue weighted by atomic mass is 9.79. The van der Waals surface area contributed by atoms with Crippen LogP contribution >= 0.6 is 0 Å². The van der Waals surface area contributed by atoms with Crippen LogP contribution in [0.15, 0.2) is 6.07 Å². The van der Waals surface area contributed by atoms with E-state index in [4.69, 9.17) is 4.74 Å². The van der Waals surface area contributed by atoms with Crippen molar-refractivity contribution in [2.75, 3.05) is 20.2 Å². The summed E-state index contributed by atoms with van der Waals surface area (Å²) in [5.41, 5.74) is 2.74. The number of rotatable bonds is 2. The number of carbonyl (C=O) groups excluding carboxylic acids is 1. The molecular formula is C18H24N2O4. The van der Waals surface area contributed by atoms with E-state index < -0.39 is 12.2 Å². The van der Waals surface area contributed by atoms with Gasteiger partial charge in [-0.25, -0.2) is 4.98 Å². The Morgan fingerprint density at radius 1 is 1.21 bits per heavy atom. The highest BCUT2D eigenvalue weighted by Gasteiger charge is 2.43. The third kappa shape index (κ3) is 2.58. The van der Waals surface area contributed by atoms with Gasteiger partial charge in [-0.15, -0.1) is 0 Å². The molecule has 130 valence electrons. The van der Waals surface area contributed by atoms with Gasteiger partial charge < -0.3 is 19.8 Å². The molecule has 2 aliphatic carbocycles. The molecule has 2 heterocycles. The van der Waals surface area contributed by atoms with Crippen molar-refractivity contribution < 1.29 is 19.7 Å². The van der Waals surface area contributed by atoms with Gasteiger partial charge in [-0.2, -0.15) is 0 Å². The number of likely N-dealkylation sites (tertiary alicyclic amines) is 1. The van der Waals surface area contributed by atoms with Gasteiger partial charge in [-0.3, -0.25) is 4.79 Å². The molecule has 0 aromatic carbocycles. The van der Waals surface area contributed by atoms with E-state index in [9.17, 15) is 15.0 Å². The lowest BCUT2D eigenvalue weighted by Gasteiger charge is -2.31. The topological polar surface area (TPSA) is 82.9 Å². The first-order chi connectivity index (χ1) is 11.6. The predicted octanol–water partition coefficient (Wildman–Crippen LogP) is 0.783. The van der Waals surface area contributed by atoms with Crippen molar-refractivity contribution in [2.24, 2.45) is 11.8 Å². The highest BCUT2D eigenvalue weighted by Crippen LogP contribution is 2.38. The number of aliphatic hydroxyl groups is 2. The molecule has 0 unspecified atom stereocenters. The molecule has 2 N–H and O–H groups in total. The van der Waals surface area contributed by atoms with Gasteiger partial charge in [-0.1, -0.05) is 0 Å². The lowest BCUT2D eigenvalue weighted by molar-refractivity contribution is -0.0372. The van der Waals surface area contributed by atoms with Crippen LogP contribution in [0, 0.1) is 11.8 Å². The molecule has 4 rings (SSSR count). The molecule has 1 saturated carbocycles. The summed E-state index contributed by atoms with van der Waals surface area (Å²) in [4.78, 5) is 19.4. The maximum Gasteiger partial charge on any atom is 0.259 e. The molecule has 2 fully saturated rings. The molecule has 1 aromatic rings. The number of amides is 1. The van der Waals surface area contributed by atoms with Gasteiger partial charge in [0, 0.05) is 18.8 Å². The minimum absolute atomic E-state index is 0.0487. The summed E-state index contributed by atoms with van der Waals surface area (Å²) < 4.78 is 5.37. The maximum atomic E-state index is 13.0. The molecule has 4 atom stereocenters. The third-order valence-electron chi connectivity index (χ3n) is 5.84. The Bertz CT molecular complexity index is 645. The summed E-state index contributed by atoms with van der Waals surface area (Å²) in [5.74, 6) is 0.893. The summed E-state index contributed by atoms with van der Waals surface area (Å²) in [7, 11) is 1.55. The van der Waals surface area contributed by atoms with E-state index in [-0.39, 0.29) is 17.7 Å². The van der Waals surface area contributed by atoms with E-state index in [0.717, 1.165) is 30.5 Å². The van der Waals surface area contributed by atoms with E-state index in [1.54, 1.807) is 7.11 Å². The van der Waals surface area contributed by atoms with Crippen molar-refractivity contribution in [3.63, 3.8) is 0 Å². The quantitative estimate of drug-likeness (QED) is 0.836. The summed E-state index contributed by atoms with van der Waals surface area (Å²) in [6.45, 7) is 1.26. The number of aliphatic hydroxyl groups excluding tert-OH is 2. The van der Waals surface area contributed by atoms with Gasteiger partial charge in [0.2, 0.25) is 5.88 Å². The Hall–Kier alpha value is -1.66. The van der Waals surface area contributed by atoms with Gasteiger partial charge in [-0.05, 0) is 55.6 Å². The number of fused-ring (bicyclic) bond motifs is 2. The Morgan fingerprint density at radius 2 is 1.88 bits per heavy atom. The average molecular weight is 332 g/mol. The Morgan fingerprint density at radius 3 is 2.50 bits per heavy atom. The second kappa shape index (κ2) is 6.01. The molecule has 6 nitrogen and oxygen atoms in total. The van der Waals surface area contributed by atoms with Crippen LogP contribution < -0.4 is 4.74 Å². The van der Waals surface area contributed by atoms with Gasteiger partial charge >= 0.3 is 0 Å². The highest BCUT2D eigenvalue weighted by atomic mass is 16.5.